The van der Waals surface area contributed by atoms with Crippen molar-refractivity contribution in [1.29, 1.82) is 0 Å². The number of carbonyl (C=O) groups excluding carboxylic acids is 2. The van der Waals surface area contributed by atoms with Gasteiger partial charge in [0.2, 0.25) is 5.91 Å². The highest BCUT2D eigenvalue weighted by Gasteiger charge is 2.31. The van der Waals surface area contributed by atoms with Crippen LogP contribution in [0.15, 0.2) is 24.3 Å². The normalized spacial score (nSPS) is 16.3. The molecule has 0 aromatic heterocycles. The van der Waals surface area contributed by atoms with Crippen molar-refractivity contribution in [1.82, 2.24) is 15.5 Å². The third kappa shape index (κ3) is 7.00. The standard InChI is InChI=1S/C23H37N3O2.ClH/c1-16(2)20(22(28)26-13-11-17(12-14-26)15-24-6)25-21(27)18-7-9-19(10-8-18)23(3,4)5;/h7-10,16-17,20,24H,11-15H2,1-6H3,(H,25,27);1H. The molecule has 1 atom stereocenters. The summed E-state index contributed by atoms with van der Waals surface area (Å²) in [6.45, 7) is 12.9. The summed E-state index contributed by atoms with van der Waals surface area (Å²) in [5, 5.41) is 6.20. The first-order valence-electron chi connectivity index (χ1n) is 10.5. The lowest BCUT2D eigenvalue weighted by Crippen LogP contribution is -2.53. The number of hydrogen-bond acceptors (Lipinski definition) is 3. The maximum atomic E-state index is 13.1. The Labute approximate surface area is 182 Å². The lowest BCUT2D eigenvalue weighted by Gasteiger charge is -2.35. The van der Waals surface area contributed by atoms with Gasteiger partial charge in [-0.05, 0) is 61.4 Å². The minimum absolute atomic E-state index is 0. The molecule has 1 fully saturated rings. The van der Waals surface area contributed by atoms with Crippen LogP contribution in [-0.2, 0) is 10.2 Å². The van der Waals surface area contributed by atoms with Gasteiger partial charge in [-0.1, -0.05) is 46.8 Å². The molecule has 1 heterocycles. The Morgan fingerprint density at radius 1 is 1.10 bits per heavy atom. The molecule has 0 spiro atoms. The van der Waals surface area contributed by atoms with Crippen LogP contribution >= 0.6 is 12.4 Å². The molecule has 0 bridgehead atoms. The van der Waals surface area contributed by atoms with E-state index in [-0.39, 0.29) is 35.6 Å². The van der Waals surface area contributed by atoms with Crippen molar-refractivity contribution >= 4 is 24.2 Å². The molecule has 164 valence electrons. The molecular formula is C23H38ClN3O2. The Morgan fingerprint density at radius 3 is 2.10 bits per heavy atom. The molecular weight excluding hydrogens is 386 g/mol. The third-order valence-corrected chi connectivity index (χ3v) is 5.65. The number of amides is 2. The topological polar surface area (TPSA) is 61.4 Å². The van der Waals surface area contributed by atoms with Gasteiger partial charge in [0, 0.05) is 18.7 Å². The molecule has 6 heteroatoms. The van der Waals surface area contributed by atoms with Gasteiger partial charge in [0.1, 0.15) is 6.04 Å². The van der Waals surface area contributed by atoms with Gasteiger partial charge in [-0.2, -0.15) is 0 Å². The van der Waals surface area contributed by atoms with Crippen LogP contribution in [0.2, 0.25) is 0 Å². The molecule has 1 aromatic carbocycles. The highest BCUT2D eigenvalue weighted by Crippen LogP contribution is 2.22. The van der Waals surface area contributed by atoms with Gasteiger partial charge < -0.3 is 15.5 Å². The van der Waals surface area contributed by atoms with Gasteiger partial charge in [0.05, 0.1) is 0 Å². The van der Waals surface area contributed by atoms with Gasteiger partial charge in [-0.3, -0.25) is 9.59 Å². The van der Waals surface area contributed by atoms with Crippen molar-refractivity contribution in [2.24, 2.45) is 11.8 Å². The fraction of sp³-hybridized carbons (Fsp3) is 0.652. The monoisotopic (exact) mass is 423 g/mol. The number of nitrogens with zero attached hydrogens (tertiary/aromatic N) is 1. The van der Waals surface area contributed by atoms with E-state index in [1.165, 1.54) is 5.56 Å². The summed E-state index contributed by atoms with van der Waals surface area (Å²) < 4.78 is 0. The number of likely N-dealkylation sites (tertiary alicyclic amines) is 1. The van der Waals surface area contributed by atoms with Gasteiger partial charge in [-0.15, -0.1) is 12.4 Å². The predicted octanol–water partition coefficient (Wildman–Crippen LogP) is 3.62. The Kier molecular flexibility index (Phi) is 9.63. The number of hydrogen-bond donors (Lipinski definition) is 2. The number of halogens is 1. The number of carbonyl (C=O) groups is 2. The van der Waals surface area contributed by atoms with Crippen LogP contribution in [0.1, 0.15) is 63.4 Å². The molecule has 1 aliphatic heterocycles. The number of nitrogens with one attached hydrogen (secondary N) is 2. The molecule has 2 rings (SSSR count). The van der Waals surface area contributed by atoms with E-state index in [9.17, 15) is 9.59 Å². The van der Waals surface area contributed by atoms with E-state index in [0.29, 0.717) is 11.5 Å². The zero-order valence-corrected chi connectivity index (χ0v) is 19.6. The lowest BCUT2D eigenvalue weighted by molar-refractivity contribution is -0.135. The summed E-state index contributed by atoms with van der Waals surface area (Å²) in [6.07, 6.45) is 2.03. The Morgan fingerprint density at radius 2 is 1.66 bits per heavy atom. The predicted molar refractivity (Wildman–Crippen MR) is 122 cm³/mol. The number of rotatable bonds is 6. The first kappa shape index (κ1) is 25.4. The van der Waals surface area contributed by atoms with Crippen LogP contribution in [0.5, 0.6) is 0 Å². The quantitative estimate of drug-likeness (QED) is 0.734. The van der Waals surface area contributed by atoms with E-state index >= 15 is 0 Å². The van der Waals surface area contributed by atoms with Crippen LogP contribution in [0.25, 0.3) is 0 Å². The molecule has 0 radical (unpaired) electrons. The summed E-state index contributed by atoms with van der Waals surface area (Å²) in [6, 6.07) is 7.19. The van der Waals surface area contributed by atoms with Crippen molar-refractivity contribution in [2.45, 2.75) is 58.9 Å². The van der Waals surface area contributed by atoms with E-state index in [1.807, 2.05) is 50.1 Å². The van der Waals surface area contributed by atoms with Crippen LogP contribution < -0.4 is 10.6 Å². The fourth-order valence-corrected chi connectivity index (χ4v) is 3.70. The Bertz CT molecular complexity index is 660. The van der Waals surface area contributed by atoms with Crippen LogP contribution in [0.3, 0.4) is 0 Å². The highest BCUT2D eigenvalue weighted by atomic mass is 35.5. The Hall–Kier alpha value is -1.59. The lowest BCUT2D eigenvalue weighted by atomic mass is 9.86. The summed E-state index contributed by atoms with van der Waals surface area (Å²) >= 11 is 0. The molecule has 1 saturated heterocycles. The summed E-state index contributed by atoms with van der Waals surface area (Å²) in [5.74, 6) is 0.526. The second-order valence-corrected chi connectivity index (χ2v) is 9.35. The van der Waals surface area contributed by atoms with Gasteiger partial charge in [0.25, 0.3) is 5.91 Å². The summed E-state index contributed by atoms with van der Waals surface area (Å²) in [4.78, 5) is 27.7. The van der Waals surface area contributed by atoms with Crippen LogP contribution in [0, 0.1) is 11.8 Å². The zero-order valence-electron chi connectivity index (χ0n) is 18.7. The van der Waals surface area contributed by atoms with Crippen molar-refractivity contribution in [2.75, 3.05) is 26.7 Å². The second-order valence-electron chi connectivity index (χ2n) is 9.35. The molecule has 2 N–H and O–H groups in total. The van der Waals surface area contributed by atoms with E-state index in [4.69, 9.17) is 0 Å². The van der Waals surface area contributed by atoms with E-state index in [0.717, 1.165) is 32.5 Å². The number of piperidine rings is 1. The number of benzene rings is 1. The van der Waals surface area contributed by atoms with E-state index in [2.05, 4.69) is 31.4 Å². The highest BCUT2D eigenvalue weighted by molar-refractivity contribution is 5.97. The first-order chi connectivity index (χ1) is 13.1. The largest absolute Gasteiger partial charge is 0.341 e. The summed E-state index contributed by atoms with van der Waals surface area (Å²) in [7, 11) is 1.97. The van der Waals surface area contributed by atoms with E-state index < -0.39 is 6.04 Å². The zero-order chi connectivity index (χ0) is 20.9. The SMILES string of the molecule is CNCC1CCN(C(=O)C(NC(=O)c2ccc(C(C)(C)C)cc2)C(C)C)CC1.Cl. The van der Waals surface area contributed by atoms with Crippen molar-refractivity contribution in [3.8, 4) is 0 Å². The van der Waals surface area contributed by atoms with Crippen molar-refractivity contribution in [3.05, 3.63) is 35.4 Å². The molecule has 5 nitrogen and oxygen atoms in total. The molecule has 0 saturated carbocycles. The fourth-order valence-electron chi connectivity index (χ4n) is 3.70. The van der Waals surface area contributed by atoms with E-state index in [1.54, 1.807) is 0 Å². The minimum atomic E-state index is -0.490. The van der Waals surface area contributed by atoms with Gasteiger partial charge >= 0.3 is 0 Å². The van der Waals surface area contributed by atoms with Crippen molar-refractivity contribution in [3.63, 3.8) is 0 Å². The Balaban J connectivity index is 0.00000420. The molecule has 1 aliphatic rings. The smallest absolute Gasteiger partial charge is 0.251 e. The second kappa shape index (κ2) is 11.0. The van der Waals surface area contributed by atoms with Gasteiger partial charge in [-0.25, -0.2) is 0 Å². The molecule has 2 amide bonds. The van der Waals surface area contributed by atoms with Crippen molar-refractivity contribution < 1.29 is 9.59 Å². The average molecular weight is 424 g/mol. The summed E-state index contributed by atoms with van der Waals surface area (Å²) in [5.41, 5.74) is 1.83. The minimum Gasteiger partial charge on any atom is -0.341 e. The molecule has 1 unspecified atom stereocenters. The van der Waals surface area contributed by atoms with Crippen LogP contribution in [0.4, 0.5) is 0 Å². The maximum absolute atomic E-state index is 13.1. The molecule has 29 heavy (non-hydrogen) atoms. The first-order valence-corrected chi connectivity index (χ1v) is 10.5. The van der Waals surface area contributed by atoms with Gasteiger partial charge in [0.15, 0.2) is 0 Å². The maximum Gasteiger partial charge on any atom is 0.251 e. The van der Waals surface area contributed by atoms with Crippen LogP contribution in [-0.4, -0.2) is 49.4 Å². The average Bonchev–Trinajstić information content (AvgIpc) is 2.65. The molecule has 1 aromatic rings. The third-order valence-electron chi connectivity index (χ3n) is 5.65. The molecule has 0 aliphatic carbocycles.